The third-order valence-corrected chi connectivity index (χ3v) is 4.98. The van der Waals surface area contributed by atoms with E-state index in [1.54, 1.807) is 30.3 Å². The molecule has 24 heavy (non-hydrogen) atoms. The van der Waals surface area contributed by atoms with E-state index in [9.17, 15) is 22.8 Å². The monoisotopic (exact) mass is 420 g/mol. The van der Waals surface area contributed by atoms with Crippen LogP contribution in [0.5, 0.6) is 0 Å². The van der Waals surface area contributed by atoms with Crippen LogP contribution in [0.4, 0.5) is 0 Å². The second kappa shape index (κ2) is 6.87. The number of carbonyl (C=O) groups excluding carboxylic acids is 3. The molecule has 1 aromatic rings. The first-order valence-electron chi connectivity index (χ1n) is 6.60. The van der Waals surface area contributed by atoms with Crippen LogP contribution in [0, 0.1) is 0 Å². The second-order valence-corrected chi connectivity index (χ2v) is 7.08. The molecular weight excluding hydrogens is 408 g/mol. The van der Waals surface area contributed by atoms with E-state index >= 15 is 0 Å². The van der Waals surface area contributed by atoms with Gasteiger partial charge in [0.15, 0.2) is 6.04 Å². The van der Waals surface area contributed by atoms with Gasteiger partial charge in [-0.15, -0.1) is 0 Å². The fraction of sp³-hybridized carbons (Fsp3) is 0.308. The fourth-order valence-electron chi connectivity index (χ4n) is 2.10. The van der Waals surface area contributed by atoms with Crippen molar-refractivity contribution in [3.8, 4) is 0 Å². The molecular formula is C13H13BrN2O7S. The van der Waals surface area contributed by atoms with Crippen molar-refractivity contribution in [1.29, 1.82) is 0 Å². The third-order valence-electron chi connectivity index (χ3n) is 3.16. The molecule has 0 saturated carbocycles. The first-order valence-corrected chi connectivity index (χ1v) is 8.91. The zero-order chi connectivity index (χ0) is 18.1. The maximum Gasteiger partial charge on any atom is 0.365 e. The zero-order valence-electron chi connectivity index (χ0n) is 12.2. The minimum absolute atomic E-state index is 0.00883. The summed E-state index contributed by atoms with van der Waals surface area (Å²) < 4.78 is 36.0. The summed E-state index contributed by atoms with van der Waals surface area (Å²) in [5.74, 6) is -2.62. The SMILES string of the molecule is CC(=O)OC1C(NC(=O)C(Br)c2ccccc2)C(=O)N1S(=O)(=O)O. The summed E-state index contributed by atoms with van der Waals surface area (Å²) in [6.07, 6.45) is -1.63. The molecule has 2 N–H and O–H groups in total. The molecule has 0 radical (unpaired) electrons. The molecule has 130 valence electrons. The van der Waals surface area contributed by atoms with Crippen molar-refractivity contribution in [1.82, 2.24) is 9.62 Å². The lowest BCUT2D eigenvalue weighted by Gasteiger charge is -2.42. The van der Waals surface area contributed by atoms with Crippen molar-refractivity contribution >= 4 is 44.0 Å². The van der Waals surface area contributed by atoms with Gasteiger partial charge >= 0.3 is 16.3 Å². The van der Waals surface area contributed by atoms with Crippen LogP contribution in [-0.2, 0) is 29.4 Å². The zero-order valence-corrected chi connectivity index (χ0v) is 14.7. The molecule has 3 unspecified atom stereocenters. The highest BCUT2D eigenvalue weighted by molar-refractivity contribution is 9.09. The molecule has 1 aromatic carbocycles. The highest BCUT2D eigenvalue weighted by Gasteiger charge is 2.56. The first kappa shape index (κ1) is 18.4. The van der Waals surface area contributed by atoms with E-state index in [0.29, 0.717) is 5.56 Å². The maximum absolute atomic E-state index is 12.2. The van der Waals surface area contributed by atoms with Crippen molar-refractivity contribution < 1.29 is 32.1 Å². The lowest BCUT2D eigenvalue weighted by atomic mass is 10.1. The number of ether oxygens (including phenoxy) is 1. The van der Waals surface area contributed by atoms with Gasteiger partial charge in [0.05, 0.1) is 0 Å². The number of esters is 1. The standard InChI is InChI=1S/C13H13BrN2O7S/c1-7(17)23-13-10(12(19)16(13)24(20,21)22)15-11(18)9(14)8-5-3-2-4-6-8/h2-6,9-10,13H,1H3,(H,15,18)(H,20,21,22). The lowest BCUT2D eigenvalue weighted by molar-refractivity contribution is -0.178. The highest BCUT2D eigenvalue weighted by atomic mass is 79.9. The van der Waals surface area contributed by atoms with Crippen LogP contribution >= 0.6 is 15.9 Å². The van der Waals surface area contributed by atoms with Gasteiger partial charge in [0, 0.05) is 6.92 Å². The van der Waals surface area contributed by atoms with Gasteiger partial charge < -0.3 is 10.1 Å². The predicted octanol–water partition coefficient (Wildman–Crippen LogP) is 0.142. The number of benzene rings is 1. The average Bonchev–Trinajstić information content (AvgIpc) is 2.50. The van der Waals surface area contributed by atoms with Crippen molar-refractivity contribution in [3.63, 3.8) is 0 Å². The largest absolute Gasteiger partial charge is 0.438 e. The predicted molar refractivity (Wildman–Crippen MR) is 84.0 cm³/mol. The van der Waals surface area contributed by atoms with Gasteiger partial charge in [0.25, 0.3) is 5.91 Å². The number of nitrogens with one attached hydrogen (secondary N) is 1. The number of carbonyl (C=O) groups is 3. The number of rotatable bonds is 5. The average molecular weight is 421 g/mol. The van der Waals surface area contributed by atoms with E-state index in [-0.39, 0.29) is 4.31 Å². The van der Waals surface area contributed by atoms with Crippen LogP contribution in [0.15, 0.2) is 30.3 Å². The Hall–Kier alpha value is -1.98. The molecule has 1 fully saturated rings. The summed E-state index contributed by atoms with van der Waals surface area (Å²) in [4.78, 5) is 34.3. The molecule has 1 saturated heterocycles. The normalized spacial score (nSPS) is 21.6. The molecule has 11 heteroatoms. The van der Waals surface area contributed by atoms with Crippen molar-refractivity contribution in [2.24, 2.45) is 0 Å². The summed E-state index contributed by atoms with van der Waals surface area (Å²) in [5, 5.41) is 2.29. The van der Waals surface area contributed by atoms with Crippen molar-refractivity contribution in [2.45, 2.75) is 24.0 Å². The molecule has 3 atom stereocenters. The minimum Gasteiger partial charge on any atom is -0.438 e. The molecule has 0 spiro atoms. The Morgan fingerprint density at radius 1 is 1.33 bits per heavy atom. The Morgan fingerprint density at radius 2 is 1.92 bits per heavy atom. The van der Waals surface area contributed by atoms with E-state index in [2.05, 4.69) is 21.2 Å². The molecule has 1 aliphatic heterocycles. The van der Waals surface area contributed by atoms with Crippen LogP contribution in [0.1, 0.15) is 17.3 Å². The second-order valence-electron chi connectivity index (χ2n) is 4.87. The van der Waals surface area contributed by atoms with Crippen LogP contribution in [0.3, 0.4) is 0 Å². The third kappa shape index (κ3) is 3.74. The molecule has 9 nitrogen and oxygen atoms in total. The van der Waals surface area contributed by atoms with Crippen LogP contribution in [0.2, 0.25) is 0 Å². The van der Waals surface area contributed by atoms with E-state index < -0.39 is 45.2 Å². The van der Waals surface area contributed by atoms with E-state index in [1.165, 1.54) is 0 Å². The van der Waals surface area contributed by atoms with Crippen LogP contribution < -0.4 is 5.32 Å². The van der Waals surface area contributed by atoms with Gasteiger partial charge in [-0.05, 0) is 5.56 Å². The number of alkyl halides is 1. The maximum atomic E-state index is 12.2. The van der Waals surface area contributed by atoms with Crippen LogP contribution in [0.25, 0.3) is 0 Å². The summed E-state index contributed by atoms with van der Waals surface area (Å²) in [6, 6.07) is 7.13. The van der Waals surface area contributed by atoms with Gasteiger partial charge in [0.1, 0.15) is 4.83 Å². The Labute approximate surface area is 146 Å². The number of nitrogens with zero attached hydrogens (tertiary/aromatic N) is 1. The van der Waals surface area contributed by atoms with Crippen molar-refractivity contribution in [3.05, 3.63) is 35.9 Å². The summed E-state index contributed by atoms with van der Waals surface area (Å²) in [6.45, 7) is 1.00. The number of hydrogen-bond donors (Lipinski definition) is 2. The molecule has 0 aliphatic carbocycles. The molecule has 1 heterocycles. The quantitative estimate of drug-likeness (QED) is 0.299. The van der Waals surface area contributed by atoms with E-state index in [0.717, 1.165) is 6.92 Å². The summed E-state index contributed by atoms with van der Waals surface area (Å²) in [5.41, 5.74) is 0.609. The van der Waals surface area contributed by atoms with Gasteiger partial charge in [-0.25, -0.2) is 0 Å². The lowest BCUT2D eigenvalue weighted by Crippen LogP contribution is -2.73. The topological polar surface area (TPSA) is 130 Å². The molecule has 1 aliphatic rings. The van der Waals surface area contributed by atoms with E-state index in [1.807, 2.05) is 0 Å². The first-order chi connectivity index (χ1) is 11.1. The Bertz CT molecular complexity index is 768. The van der Waals surface area contributed by atoms with Gasteiger partial charge in [-0.2, -0.15) is 12.7 Å². The molecule has 0 bridgehead atoms. The van der Waals surface area contributed by atoms with Crippen LogP contribution in [-0.4, -0.2) is 47.3 Å². The Morgan fingerprint density at radius 3 is 2.42 bits per heavy atom. The Kier molecular flexibility index (Phi) is 5.26. The number of hydrogen-bond acceptors (Lipinski definition) is 6. The molecule has 2 amide bonds. The summed E-state index contributed by atoms with van der Waals surface area (Å²) >= 11 is 3.17. The van der Waals surface area contributed by atoms with Crippen molar-refractivity contribution in [2.75, 3.05) is 0 Å². The van der Waals surface area contributed by atoms with Gasteiger partial charge in [0.2, 0.25) is 12.1 Å². The number of β-lactam (4-membered cyclic amide) rings is 1. The Balaban J connectivity index is 2.14. The number of halogens is 1. The highest BCUT2D eigenvalue weighted by Crippen LogP contribution is 2.27. The molecule has 0 aromatic heterocycles. The minimum atomic E-state index is -4.91. The van der Waals surface area contributed by atoms with E-state index in [4.69, 9.17) is 9.29 Å². The smallest absolute Gasteiger partial charge is 0.365 e. The summed E-state index contributed by atoms with van der Waals surface area (Å²) in [7, 11) is -4.91. The fourth-order valence-corrected chi connectivity index (χ4v) is 3.31. The van der Waals surface area contributed by atoms with Gasteiger partial charge in [-0.3, -0.25) is 18.9 Å². The molecule has 2 rings (SSSR count). The van der Waals surface area contributed by atoms with Gasteiger partial charge in [-0.1, -0.05) is 46.3 Å². The number of amides is 2.